The van der Waals surface area contributed by atoms with Crippen LogP contribution >= 0.6 is 11.8 Å². The minimum absolute atomic E-state index is 0.0428. The fourth-order valence-electron chi connectivity index (χ4n) is 7.96. The third-order valence-corrected chi connectivity index (χ3v) is 12.4. The number of carbonyl (C=O) groups is 3. The zero-order valence-electron chi connectivity index (χ0n) is 29.6. The second-order valence-corrected chi connectivity index (χ2v) is 16.2. The zero-order chi connectivity index (χ0) is 37.5. The number of non-ortho nitro benzene ring substituents is 2. The lowest BCUT2D eigenvalue weighted by Crippen LogP contribution is -2.63. The van der Waals surface area contributed by atoms with Crippen molar-refractivity contribution in [3.05, 3.63) is 90.5 Å². The van der Waals surface area contributed by atoms with Gasteiger partial charge in [-0.3, -0.25) is 25.0 Å². The van der Waals surface area contributed by atoms with Crippen LogP contribution < -0.4 is 0 Å². The Morgan fingerprint density at radius 1 is 0.962 bits per heavy atom. The van der Waals surface area contributed by atoms with Gasteiger partial charge in [-0.1, -0.05) is 6.92 Å². The van der Waals surface area contributed by atoms with Crippen LogP contribution in [0.1, 0.15) is 44.2 Å². The first kappa shape index (κ1) is 37.2. The largest absolute Gasteiger partial charge is 0.456 e. The van der Waals surface area contributed by atoms with Crippen molar-refractivity contribution in [1.82, 2.24) is 9.80 Å². The van der Waals surface area contributed by atoms with Crippen molar-refractivity contribution in [1.29, 1.82) is 0 Å². The maximum absolute atomic E-state index is 13.8. The van der Waals surface area contributed by atoms with Crippen LogP contribution in [0.3, 0.4) is 0 Å². The van der Waals surface area contributed by atoms with E-state index < -0.39 is 40.0 Å². The van der Waals surface area contributed by atoms with Crippen LogP contribution in [0.15, 0.2) is 59.1 Å². The molecule has 1 N–H and O–H groups in total. The molecule has 0 bridgehead atoms. The monoisotopic (exact) mass is 738 g/mol. The van der Waals surface area contributed by atoms with Crippen LogP contribution in [0.5, 0.6) is 0 Å². The third kappa shape index (κ3) is 7.50. The van der Waals surface area contributed by atoms with Crippen molar-refractivity contribution in [3.8, 4) is 0 Å². The van der Waals surface area contributed by atoms with Crippen molar-refractivity contribution in [3.63, 3.8) is 0 Å². The number of fused-ring (bicyclic) bond motifs is 1. The zero-order valence-corrected chi connectivity index (χ0v) is 30.4. The molecule has 0 unspecified atom stereocenters. The molecule has 6 atom stereocenters. The van der Waals surface area contributed by atoms with Gasteiger partial charge < -0.3 is 28.9 Å². The van der Waals surface area contributed by atoms with Crippen LogP contribution in [0.2, 0.25) is 0 Å². The number of β-lactam (4-membered cyclic amide) rings is 1. The maximum atomic E-state index is 13.8. The molecule has 0 spiro atoms. The number of likely N-dealkylation sites (tertiary alicyclic amines) is 2. The number of aliphatic hydroxyl groups is 1. The van der Waals surface area contributed by atoms with Gasteiger partial charge in [-0.25, -0.2) is 9.59 Å². The van der Waals surface area contributed by atoms with Gasteiger partial charge in [-0.15, -0.1) is 11.8 Å². The van der Waals surface area contributed by atoms with Crippen LogP contribution in [0, 0.1) is 38.0 Å². The molecule has 15 nitrogen and oxygen atoms in total. The van der Waals surface area contributed by atoms with Crippen LogP contribution in [0.4, 0.5) is 16.2 Å². The highest BCUT2D eigenvalue weighted by atomic mass is 32.2. The molecule has 0 aliphatic carbocycles. The Labute approximate surface area is 305 Å². The average Bonchev–Trinajstić information content (AvgIpc) is 3.63. The minimum atomic E-state index is -0.913. The summed E-state index contributed by atoms with van der Waals surface area (Å²) in [6.45, 7) is 5.59. The van der Waals surface area contributed by atoms with Crippen molar-refractivity contribution >= 4 is 41.1 Å². The molecule has 0 aromatic heterocycles. The summed E-state index contributed by atoms with van der Waals surface area (Å²) in [5.74, 6) is -1.76. The molecule has 2 amide bonds. The molecule has 16 heteroatoms. The molecule has 2 aromatic rings. The Bertz CT molecular complexity index is 1760. The van der Waals surface area contributed by atoms with E-state index in [9.17, 15) is 39.7 Å². The molecular formula is C36H44N5O10S+. The number of esters is 1. The molecular weight excluding hydrogens is 694 g/mol. The second-order valence-electron chi connectivity index (χ2n) is 14.9. The summed E-state index contributed by atoms with van der Waals surface area (Å²) >= 11 is 1.47. The van der Waals surface area contributed by atoms with Crippen LogP contribution in [-0.2, 0) is 32.3 Å². The lowest BCUT2D eigenvalue weighted by molar-refractivity contribution is -0.896. The number of carbonyl (C=O) groups excluding carboxylic acids is 3. The Morgan fingerprint density at radius 2 is 1.50 bits per heavy atom. The van der Waals surface area contributed by atoms with E-state index >= 15 is 0 Å². The highest BCUT2D eigenvalue weighted by Gasteiger charge is 2.60. The van der Waals surface area contributed by atoms with Gasteiger partial charge in [0.2, 0.25) is 5.91 Å². The SMILES string of the molecule is C[C@@H](O)[C@H]1C(=O)N2C(C(=O)OCc3ccc([N+](=O)[O-])cc3)=C(S[C@H]3C[C@@H](C4CC[N+](C)(C)CC4)N(C(=O)OCc4ccc([N+](=O)[O-])cc4)C3)[C@H](C)[C@H]12. The number of aliphatic hydroxyl groups excluding tert-OH is 1. The first-order valence-electron chi connectivity index (χ1n) is 17.5. The van der Waals surface area contributed by atoms with Gasteiger partial charge in [0, 0.05) is 65.8 Å². The standard InChI is InChI=1S/C36H44N5O10S/c1-21-31-30(22(2)42)34(43)38(31)32(35(44)50-19-23-5-9-26(10-6-23)39(46)47)33(21)52-28-17-29(25-13-15-41(3,4)16-14-25)37(18-28)36(45)51-20-24-7-11-27(12-8-24)40(48)49/h5-12,21-22,25,28-31,42H,13-20H2,1-4H3/q+1/t21-,22-,28+,29+,30-,31-/m1/s1. The molecule has 278 valence electrons. The van der Waals surface area contributed by atoms with Crippen LogP contribution in [-0.4, -0.2) is 104 Å². The molecule has 2 aromatic carbocycles. The van der Waals surface area contributed by atoms with E-state index in [1.54, 1.807) is 24.0 Å². The van der Waals surface area contributed by atoms with E-state index in [4.69, 9.17) is 9.47 Å². The summed E-state index contributed by atoms with van der Waals surface area (Å²) in [4.78, 5) is 65.9. The fourth-order valence-corrected chi connectivity index (χ4v) is 9.50. The average molecular weight is 739 g/mol. The van der Waals surface area contributed by atoms with Gasteiger partial charge >= 0.3 is 12.1 Å². The van der Waals surface area contributed by atoms with Crippen molar-refractivity contribution in [2.75, 3.05) is 33.7 Å². The van der Waals surface area contributed by atoms with Gasteiger partial charge in [-0.2, -0.15) is 0 Å². The molecule has 6 rings (SSSR count). The first-order chi connectivity index (χ1) is 24.6. The lowest BCUT2D eigenvalue weighted by atomic mass is 9.79. The maximum Gasteiger partial charge on any atom is 0.410 e. The second kappa shape index (κ2) is 14.8. The van der Waals surface area contributed by atoms with Gasteiger partial charge in [0.1, 0.15) is 18.9 Å². The third-order valence-electron chi connectivity index (χ3n) is 10.9. The molecule has 4 aliphatic rings. The number of hydrogen-bond donors (Lipinski definition) is 1. The number of thioether (sulfide) groups is 1. The highest BCUT2D eigenvalue weighted by molar-refractivity contribution is 8.03. The molecule has 3 saturated heterocycles. The number of quaternary nitrogens is 1. The van der Waals surface area contributed by atoms with E-state index in [0.717, 1.165) is 30.4 Å². The summed E-state index contributed by atoms with van der Waals surface area (Å²) in [5.41, 5.74) is 1.17. The van der Waals surface area contributed by atoms with Crippen molar-refractivity contribution in [2.24, 2.45) is 17.8 Å². The molecule has 0 saturated carbocycles. The summed E-state index contributed by atoms with van der Waals surface area (Å²) in [5, 5.41) is 32.5. The number of hydrogen-bond acceptors (Lipinski definition) is 11. The van der Waals surface area contributed by atoms with Crippen LogP contribution in [0.25, 0.3) is 0 Å². The number of amides is 2. The van der Waals surface area contributed by atoms with Crippen molar-refractivity contribution in [2.45, 2.75) is 69.8 Å². The Hall–Kier alpha value is -4.54. The van der Waals surface area contributed by atoms with Gasteiger partial charge in [0.15, 0.2) is 0 Å². The topological polar surface area (TPSA) is 183 Å². The Morgan fingerprint density at radius 3 is 2.02 bits per heavy atom. The smallest absolute Gasteiger partial charge is 0.410 e. The number of ether oxygens (including phenoxy) is 2. The molecule has 4 heterocycles. The quantitative estimate of drug-likeness (QED) is 0.112. The number of nitro benzene ring substituents is 2. The number of nitrogens with zero attached hydrogens (tertiary/aromatic N) is 5. The fraction of sp³-hybridized carbons (Fsp3) is 0.528. The van der Waals surface area contributed by atoms with Crippen molar-refractivity contribution < 1.29 is 43.3 Å². The predicted octanol–water partition coefficient (Wildman–Crippen LogP) is 4.61. The number of nitro groups is 2. The normalized spacial score (nSPS) is 26.1. The van der Waals surface area contributed by atoms with Gasteiger partial charge in [0.25, 0.3) is 11.4 Å². The van der Waals surface area contributed by atoms with E-state index in [2.05, 4.69) is 14.1 Å². The van der Waals surface area contributed by atoms with E-state index in [1.807, 2.05) is 6.92 Å². The molecule has 3 fully saturated rings. The van der Waals surface area contributed by atoms with Gasteiger partial charge in [-0.05, 0) is 54.7 Å². The number of rotatable bonds is 11. The summed E-state index contributed by atoms with van der Waals surface area (Å²) in [6.07, 6.45) is 1.12. The Kier molecular flexibility index (Phi) is 10.6. The predicted molar refractivity (Wildman–Crippen MR) is 189 cm³/mol. The Balaban J connectivity index is 1.22. The summed E-state index contributed by atoms with van der Waals surface area (Å²) < 4.78 is 12.3. The highest BCUT2D eigenvalue weighted by Crippen LogP contribution is 2.53. The molecule has 0 radical (unpaired) electrons. The number of benzene rings is 2. The van der Waals surface area contributed by atoms with Gasteiger partial charge in [0.05, 0.1) is 55.1 Å². The summed E-state index contributed by atoms with van der Waals surface area (Å²) in [6, 6.07) is 11.0. The summed E-state index contributed by atoms with van der Waals surface area (Å²) in [7, 11) is 4.39. The van der Waals surface area contributed by atoms with E-state index in [0.29, 0.717) is 29.0 Å². The molecule has 52 heavy (non-hydrogen) atoms. The minimum Gasteiger partial charge on any atom is -0.456 e. The first-order valence-corrected chi connectivity index (χ1v) is 18.3. The number of piperidine rings is 1. The lowest BCUT2D eigenvalue weighted by Gasteiger charge is -2.46. The molecule has 4 aliphatic heterocycles. The van der Waals surface area contributed by atoms with E-state index in [-0.39, 0.29) is 59.3 Å². The van der Waals surface area contributed by atoms with E-state index in [1.165, 1.54) is 53.1 Å².